The molecule has 0 aliphatic carbocycles. The number of esters is 1. The van der Waals surface area contributed by atoms with Crippen LogP contribution in [0, 0.1) is 17.8 Å². The van der Waals surface area contributed by atoms with Crippen LogP contribution in [0.25, 0.3) is 0 Å². The minimum absolute atomic E-state index is 0.0142. The third kappa shape index (κ3) is 16.6. The predicted molar refractivity (Wildman–Crippen MR) is 264 cm³/mol. The van der Waals surface area contributed by atoms with E-state index in [4.69, 9.17) is 10.5 Å². The molecule has 2 aliphatic heterocycles. The average Bonchev–Trinajstić information content (AvgIpc) is 3.32. The fourth-order valence-electron chi connectivity index (χ4n) is 8.73. The monoisotopic (exact) mass is 1020 g/mol. The van der Waals surface area contributed by atoms with Gasteiger partial charge in [0.05, 0.1) is 0 Å². The molecule has 2 bridgehead atoms. The maximum atomic E-state index is 14.9. The predicted octanol–water partition coefficient (Wildman–Crippen LogP) is 0.153. The van der Waals surface area contributed by atoms with E-state index in [1.807, 2.05) is 13.8 Å². The van der Waals surface area contributed by atoms with Crippen LogP contribution in [0.1, 0.15) is 105 Å². The van der Waals surface area contributed by atoms with Crippen molar-refractivity contribution >= 4 is 53.2 Å². The van der Waals surface area contributed by atoms with Crippen molar-refractivity contribution in [2.75, 3.05) is 7.05 Å². The minimum Gasteiger partial charge on any atom is -0.508 e. The highest BCUT2D eigenvalue weighted by molar-refractivity contribution is 5.98. The number of nitrogens with two attached hydrogens (primary N) is 1. The Hall–Kier alpha value is -6.81. The number of likely N-dealkylation sites (N-methyl/N-ethyl adjacent to an activating group) is 1. The standard InChI is InChI=1S/C51H74N8O14/c1-9-28(6)42-51(72)73-29(7)43(57-44(65)34(18-20-40(52)63)53-47(68)39(62)25-31-12-16-33(61)17-13-31)48(69)55-36(22-26(2)3)45(66)54-35-19-21-41(64)59(49(35)70)38(23-27(4)5)50(71)58(8)37(46(67)56-42)24-30-10-14-32(60)15-11-30/h10-17,26-29,34-39,41-43,60-62,64H,9,18-25H2,1-8H3,(H2,52,63)(H,53,68)(H,54,66)(H,55,69)(H,56,67)(H,57,65). The van der Waals surface area contributed by atoms with Crippen LogP contribution in [-0.2, 0) is 60.7 Å². The summed E-state index contributed by atoms with van der Waals surface area (Å²) in [6.45, 7) is 11.8. The van der Waals surface area contributed by atoms with Crippen LogP contribution in [0.15, 0.2) is 48.5 Å². The summed E-state index contributed by atoms with van der Waals surface area (Å²) >= 11 is 0. The van der Waals surface area contributed by atoms with Crippen molar-refractivity contribution in [2.24, 2.45) is 23.5 Å². The zero-order valence-electron chi connectivity index (χ0n) is 42.8. The van der Waals surface area contributed by atoms with Crippen molar-refractivity contribution < 1.29 is 68.3 Å². The molecule has 2 aromatic carbocycles. The van der Waals surface area contributed by atoms with Crippen molar-refractivity contribution in [1.29, 1.82) is 0 Å². The quantitative estimate of drug-likeness (QED) is 0.0944. The second-order valence-electron chi connectivity index (χ2n) is 20.0. The number of nitrogens with one attached hydrogen (secondary N) is 5. The molecule has 0 spiro atoms. The van der Waals surface area contributed by atoms with E-state index in [1.54, 1.807) is 39.8 Å². The number of carbonyl (C=O) groups excluding carboxylic acids is 9. The summed E-state index contributed by atoms with van der Waals surface area (Å²) in [4.78, 5) is 129. The molecule has 402 valence electrons. The normalized spacial score (nSPS) is 25.0. The Morgan fingerprint density at radius 3 is 1.93 bits per heavy atom. The highest BCUT2D eigenvalue weighted by atomic mass is 16.5. The molecule has 8 amide bonds. The topological polar surface area (TPSA) is 336 Å². The van der Waals surface area contributed by atoms with E-state index in [2.05, 4.69) is 26.6 Å². The molecule has 2 aliphatic rings. The first-order chi connectivity index (χ1) is 34.3. The number of phenolic OH excluding ortho intramolecular Hbond substituents is 2. The van der Waals surface area contributed by atoms with Crippen LogP contribution in [0.3, 0.4) is 0 Å². The van der Waals surface area contributed by atoms with Gasteiger partial charge in [-0.25, -0.2) is 4.79 Å². The van der Waals surface area contributed by atoms with Gasteiger partial charge in [-0.2, -0.15) is 0 Å². The number of ether oxygens (including phenoxy) is 1. The molecule has 22 nitrogen and oxygen atoms in total. The van der Waals surface area contributed by atoms with E-state index >= 15 is 0 Å². The van der Waals surface area contributed by atoms with Gasteiger partial charge in [-0.15, -0.1) is 0 Å². The van der Waals surface area contributed by atoms with Crippen LogP contribution in [0.4, 0.5) is 0 Å². The highest BCUT2D eigenvalue weighted by Crippen LogP contribution is 2.27. The largest absolute Gasteiger partial charge is 0.508 e. The number of aromatic hydroxyl groups is 2. The number of carbonyl (C=O) groups is 9. The number of benzene rings is 2. The lowest BCUT2D eigenvalue weighted by molar-refractivity contribution is -0.166. The number of phenols is 2. The first-order valence-corrected chi connectivity index (χ1v) is 24.8. The molecule has 2 heterocycles. The van der Waals surface area contributed by atoms with E-state index < -0.39 is 133 Å². The molecule has 11 atom stereocenters. The summed E-state index contributed by atoms with van der Waals surface area (Å²) in [6.07, 6.45) is -5.85. The van der Waals surface area contributed by atoms with Gasteiger partial charge in [-0.1, -0.05) is 72.2 Å². The third-order valence-corrected chi connectivity index (χ3v) is 13.1. The van der Waals surface area contributed by atoms with Crippen LogP contribution < -0.4 is 32.3 Å². The Labute approximate surface area is 425 Å². The number of primary amides is 1. The van der Waals surface area contributed by atoms with E-state index in [1.165, 1.54) is 50.4 Å². The number of fused-ring (bicyclic) bond motifs is 2. The van der Waals surface area contributed by atoms with Gasteiger partial charge in [-0.05, 0) is 92.2 Å². The molecule has 0 saturated carbocycles. The zero-order chi connectivity index (χ0) is 54.4. The lowest BCUT2D eigenvalue weighted by Crippen LogP contribution is -2.65. The summed E-state index contributed by atoms with van der Waals surface area (Å²) < 4.78 is 5.92. The van der Waals surface area contributed by atoms with E-state index in [9.17, 15) is 63.6 Å². The number of nitrogens with zero attached hydrogens (tertiary/aromatic N) is 2. The maximum Gasteiger partial charge on any atom is 0.329 e. The lowest BCUT2D eigenvalue weighted by Gasteiger charge is -2.43. The number of aliphatic hydroxyl groups is 2. The van der Waals surface area contributed by atoms with E-state index in [0.29, 0.717) is 17.5 Å². The van der Waals surface area contributed by atoms with Crippen LogP contribution >= 0.6 is 0 Å². The molecule has 2 aromatic rings. The molecule has 2 saturated heterocycles. The molecule has 73 heavy (non-hydrogen) atoms. The Morgan fingerprint density at radius 2 is 1.37 bits per heavy atom. The van der Waals surface area contributed by atoms with Crippen molar-refractivity contribution in [3.05, 3.63) is 59.7 Å². The van der Waals surface area contributed by atoms with Crippen molar-refractivity contribution in [2.45, 2.75) is 167 Å². The molecule has 11 N–H and O–H groups in total. The smallest absolute Gasteiger partial charge is 0.329 e. The number of piperidine rings is 1. The molecule has 22 heteroatoms. The van der Waals surface area contributed by atoms with E-state index in [0.717, 1.165) is 9.80 Å². The number of aliphatic hydroxyl groups excluding tert-OH is 2. The maximum absolute atomic E-state index is 14.9. The first-order valence-electron chi connectivity index (χ1n) is 24.8. The van der Waals surface area contributed by atoms with Gasteiger partial charge in [0.2, 0.25) is 47.3 Å². The van der Waals surface area contributed by atoms with Crippen LogP contribution in [0.2, 0.25) is 0 Å². The Morgan fingerprint density at radius 1 is 0.781 bits per heavy atom. The molecule has 0 radical (unpaired) electrons. The van der Waals surface area contributed by atoms with Crippen molar-refractivity contribution in [1.82, 2.24) is 36.4 Å². The molecular weight excluding hydrogens is 949 g/mol. The molecule has 0 aromatic heterocycles. The summed E-state index contributed by atoms with van der Waals surface area (Å²) in [5.74, 6) is -9.53. The van der Waals surface area contributed by atoms with Crippen LogP contribution in [-0.4, -0.2) is 151 Å². The number of rotatable bonds is 17. The van der Waals surface area contributed by atoms with Crippen molar-refractivity contribution in [3.63, 3.8) is 0 Å². The van der Waals surface area contributed by atoms with Gasteiger partial charge in [0, 0.05) is 26.3 Å². The SMILES string of the molecule is CCC(C)C1NC(=O)C(Cc2ccc(O)cc2)N(C)C(=O)C(CC(C)C)N2C(=O)C(CCC2O)NC(=O)C(CC(C)C)NC(=O)C(NC(=O)C(CCC(N)=O)NC(=O)C(O)Cc2ccc(O)cc2)C(C)OC1=O. The van der Waals surface area contributed by atoms with Gasteiger partial charge in [0.1, 0.15) is 72.2 Å². The minimum atomic E-state index is -1.85. The van der Waals surface area contributed by atoms with Crippen molar-refractivity contribution in [3.8, 4) is 11.5 Å². The molecule has 4 rings (SSSR count). The average molecular weight is 1020 g/mol. The summed E-state index contributed by atoms with van der Waals surface area (Å²) in [5.41, 5.74) is 6.38. The molecule has 11 unspecified atom stereocenters. The van der Waals surface area contributed by atoms with Gasteiger partial charge in [0.15, 0.2) is 0 Å². The van der Waals surface area contributed by atoms with Crippen LogP contribution in [0.5, 0.6) is 11.5 Å². The number of hydrogen-bond donors (Lipinski definition) is 10. The van der Waals surface area contributed by atoms with Gasteiger partial charge in [-0.3, -0.25) is 38.4 Å². The molecular formula is C51H74N8O14. The van der Waals surface area contributed by atoms with E-state index in [-0.39, 0.29) is 61.9 Å². The number of amides is 8. The third-order valence-electron chi connectivity index (χ3n) is 13.1. The fraction of sp³-hybridized carbons (Fsp3) is 0.588. The second kappa shape index (κ2) is 26.8. The van der Waals surface area contributed by atoms with Gasteiger partial charge >= 0.3 is 5.97 Å². The lowest BCUT2D eigenvalue weighted by atomic mass is 9.94. The Kier molecular flexibility index (Phi) is 21.5. The number of cyclic esters (lactones) is 1. The molecule has 2 fully saturated rings. The Balaban J connectivity index is 1.83. The second-order valence-corrected chi connectivity index (χ2v) is 20.0. The summed E-state index contributed by atoms with van der Waals surface area (Å²) in [7, 11) is 1.36. The van der Waals surface area contributed by atoms with Gasteiger partial charge in [0.25, 0.3) is 0 Å². The first kappa shape index (κ1) is 58.8. The van der Waals surface area contributed by atoms with Gasteiger partial charge < -0.3 is 67.3 Å². The Bertz CT molecular complexity index is 2280. The number of hydrogen-bond acceptors (Lipinski definition) is 14. The summed E-state index contributed by atoms with van der Waals surface area (Å²) in [5, 5.41) is 54.9. The summed E-state index contributed by atoms with van der Waals surface area (Å²) in [6, 6.07) is 1.22. The highest BCUT2D eigenvalue weighted by Gasteiger charge is 2.46. The zero-order valence-corrected chi connectivity index (χ0v) is 42.8. The fourth-order valence-corrected chi connectivity index (χ4v) is 8.73.